The molecule has 5 aromatic rings. The van der Waals surface area contributed by atoms with E-state index >= 15 is 0 Å². The highest BCUT2D eigenvalue weighted by Crippen LogP contribution is 2.24. The fourth-order valence-corrected chi connectivity index (χ4v) is 4.34. The Hall–Kier alpha value is -3.49. The molecule has 5 rings (SSSR count). The number of hydrogen-bond donors (Lipinski definition) is 0. The van der Waals surface area contributed by atoms with E-state index in [0.29, 0.717) is 28.1 Å². The molecule has 0 aliphatic rings. The Morgan fingerprint density at radius 2 is 1.62 bits per heavy atom. The summed E-state index contributed by atoms with van der Waals surface area (Å²) in [6.07, 6.45) is 0. The largest absolute Gasteiger partial charge is 0.293 e. The molecule has 7 nitrogen and oxygen atoms in total. The van der Waals surface area contributed by atoms with Crippen LogP contribution in [0.15, 0.2) is 84.0 Å². The lowest BCUT2D eigenvalue weighted by atomic mass is 10.1. The van der Waals surface area contributed by atoms with Gasteiger partial charge in [-0.1, -0.05) is 58.9 Å². The predicted octanol–water partition coefficient (Wildman–Crippen LogP) is 4.69. The molecule has 0 saturated heterocycles. The average molecular weight is 461 g/mol. The number of thioether (sulfide) groups is 1. The molecular weight excluding hydrogens is 444 g/mol. The summed E-state index contributed by atoms with van der Waals surface area (Å²) >= 11 is 7.27. The predicted molar refractivity (Wildman–Crippen MR) is 124 cm³/mol. The molecule has 0 unspecified atom stereocenters. The first-order chi connectivity index (χ1) is 15.7. The summed E-state index contributed by atoms with van der Waals surface area (Å²) in [5, 5.41) is 18.5. The van der Waals surface area contributed by atoms with Crippen LogP contribution in [0.25, 0.3) is 16.7 Å². The molecule has 0 atom stereocenters. The maximum atomic E-state index is 12.6. The molecule has 0 spiro atoms. The number of rotatable bonds is 7. The van der Waals surface area contributed by atoms with Crippen molar-refractivity contribution >= 4 is 40.2 Å². The van der Waals surface area contributed by atoms with Crippen LogP contribution in [-0.4, -0.2) is 41.3 Å². The SMILES string of the molecule is O=C(CSc1nnc(Cn2nnc3ccccc32)n1-c1ccccc1)c1ccc(Cl)cc1. The first kappa shape index (κ1) is 20.4. The Balaban J connectivity index is 1.45. The normalized spacial score (nSPS) is 11.2. The van der Waals surface area contributed by atoms with Gasteiger partial charge in [-0.15, -0.1) is 15.3 Å². The maximum absolute atomic E-state index is 12.6. The summed E-state index contributed by atoms with van der Waals surface area (Å²) in [4.78, 5) is 12.6. The number of Topliss-reactive ketones (excluding diaryl/α,β-unsaturated/α-hetero) is 1. The molecule has 2 heterocycles. The van der Waals surface area contributed by atoms with Crippen molar-refractivity contribution in [1.29, 1.82) is 0 Å². The fourth-order valence-electron chi connectivity index (χ4n) is 3.35. The van der Waals surface area contributed by atoms with Crippen LogP contribution < -0.4 is 0 Å². The van der Waals surface area contributed by atoms with Gasteiger partial charge >= 0.3 is 0 Å². The summed E-state index contributed by atoms with van der Waals surface area (Å²) in [6, 6.07) is 24.5. The van der Waals surface area contributed by atoms with Crippen LogP contribution in [0.2, 0.25) is 5.02 Å². The zero-order valence-electron chi connectivity index (χ0n) is 16.8. The molecule has 0 radical (unpaired) electrons. The van der Waals surface area contributed by atoms with Crippen molar-refractivity contribution in [3.8, 4) is 5.69 Å². The van der Waals surface area contributed by atoms with Crippen LogP contribution in [0.5, 0.6) is 0 Å². The molecule has 0 fully saturated rings. The molecule has 0 bridgehead atoms. The Bertz CT molecular complexity index is 1380. The highest BCUT2D eigenvalue weighted by molar-refractivity contribution is 7.99. The fraction of sp³-hybridized carbons (Fsp3) is 0.0870. The molecular formula is C23H17ClN6OS. The Labute approximate surface area is 193 Å². The Kier molecular flexibility index (Phi) is 5.70. The standard InChI is InChI=1S/C23H17ClN6OS/c24-17-12-10-16(11-13-17)21(31)15-32-23-27-26-22(30(23)18-6-2-1-3-7-18)14-29-20-9-5-4-8-19(20)25-28-29/h1-13H,14-15H2. The van der Waals surface area contributed by atoms with Crippen molar-refractivity contribution in [2.45, 2.75) is 11.7 Å². The monoisotopic (exact) mass is 460 g/mol. The highest BCUT2D eigenvalue weighted by Gasteiger charge is 2.18. The molecule has 0 aliphatic carbocycles. The van der Waals surface area contributed by atoms with Crippen LogP contribution in [0.1, 0.15) is 16.2 Å². The van der Waals surface area contributed by atoms with Crippen molar-refractivity contribution in [3.63, 3.8) is 0 Å². The van der Waals surface area contributed by atoms with E-state index in [0.717, 1.165) is 16.7 Å². The third-order valence-electron chi connectivity index (χ3n) is 4.92. The summed E-state index contributed by atoms with van der Waals surface area (Å²) < 4.78 is 3.75. The third kappa shape index (κ3) is 4.15. The van der Waals surface area contributed by atoms with E-state index in [1.807, 2.05) is 59.2 Å². The van der Waals surface area contributed by atoms with Crippen LogP contribution >= 0.6 is 23.4 Å². The van der Waals surface area contributed by atoms with Crippen LogP contribution in [0.4, 0.5) is 0 Å². The number of nitrogens with zero attached hydrogens (tertiary/aromatic N) is 6. The molecule has 2 aromatic heterocycles. The van der Waals surface area contributed by atoms with E-state index in [2.05, 4.69) is 20.5 Å². The Morgan fingerprint density at radius 3 is 2.44 bits per heavy atom. The highest BCUT2D eigenvalue weighted by atomic mass is 35.5. The van der Waals surface area contributed by atoms with Gasteiger partial charge in [0.25, 0.3) is 0 Å². The second-order valence-electron chi connectivity index (χ2n) is 7.02. The van der Waals surface area contributed by atoms with Crippen molar-refractivity contribution in [3.05, 3.63) is 95.3 Å². The van der Waals surface area contributed by atoms with Gasteiger partial charge in [0.2, 0.25) is 0 Å². The number of halogens is 1. The average Bonchev–Trinajstić information content (AvgIpc) is 3.43. The molecule has 3 aromatic carbocycles. The van der Waals surface area contributed by atoms with Gasteiger partial charge < -0.3 is 0 Å². The number of carbonyl (C=O) groups excluding carboxylic acids is 1. The van der Waals surface area contributed by atoms with Gasteiger partial charge in [-0.2, -0.15) is 0 Å². The summed E-state index contributed by atoms with van der Waals surface area (Å²) in [7, 11) is 0. The molecule has 158 valence electrons. The van der Waals surface area contributed by atoms with Gasteiger partial charge in [-0.3, -0.25) is 9.36 Å². The lowest BCUT2D eigenvalue weighted by Crippen LogP contribution is -2.10. The molecule has 32 heavy (non-hydrogen) atoms. The zero-order valence-corrected chi connectivity index (χ0v) is 18.4. The summed E-state index contributed by atoms with van der Waals surface area (Å²) in [6.45, 7) is 0.397. The van der Waals surface area contributed by atoms with E-state index in [1.54, 1.807) is 28.9 Å². The van der Waals surface area contributed by atoms with Crippen molar-refractivity contribution in [2.75, 3.05) is 5.75 Å². The number of fused-ring (bicyclic) bond motifs is 1. The van der Waals surface area contributed by atoms with Gasteiger partial charge in [0, 0.05) is 16.3 Å². The van der Waals surface area contributed by atoms with Crippen LogP contribution in [0.3, 0.4) is 0 Å². The minimum absolute atomic E-state index is 0.00176. The van der Waals surface area contributed by atoms with Crippen molar-refractivity contribution in [2.24, 2.45) is 0 Å². The van der Waals surface area contributed by atoms with Crippen molar-refractivity contribution in [1.82, 2.24) is 29.8 Å². The van der Waals surface area contributed by atoms with E-state index < -0.39 is 0 Å². The molecule has 0 N–H and O–H groups in total. The number of carbonyl (C=O) groups is 1. The minimum atomic E-state index is -0.00176. The molecule has 0 aliphatic heterocycles. The number of ketones is 1. The first-order valence-corrected chi connectivity index (χ1v) is 11.2. The van der Waals surface area contributed by atoms with E-state index in [1.165, 1.54) is 11.8 Å². The lowest BCUT2D eigenvalue weighted by molar-refractivity contribution is 0.102. The smallest absolute Gasteiger partial charge is 0.196 e. The quantitative estimate of drug-likeness (QED) is 0.259. The number of hydrogen-bond acceptors (Lipinski definition) is 6. The second kappa shape index (κ2) is 8.94. The van der Waals surface area contributed by atoms with E-state index in [4.69, 9.17) is 11.6 Å². The van der Waals surface area contributed by atoms with Crippen LogP contribution in [-0.2, 0) is 6.54 Å². The van der Waals surface area contributed by atoms with E-state index in [-0.39, 0.29) is 11.5 Å². The van der Waals surface area contributed by atoms with Gasteiger partial charge in [0.15, 0.2) is 16.8 Å². The molecule has 9 heteroatoms. The third-order valence-corrected chi connectivity index (χ3v) is 6.11. The molecule has 0 amide bonds. The minimum Gasteiger partial charge on any atom is -0.293 e. The maximum Gasteiger partial charge on any atom is 0.196 e. The summed E-state index contributed by atoms with van der Waals surface area (Å²) in [5.41, 5.74) is 3.27. The second-order valence-corrected chi connectivity index (χ2v) is 8.40. The van der Waals surface area contributed by atoms with Crippen LogP contribution in [0, 0.1) is 0 Å². The summed E-state index contributed by atoms with van der Waals surface area (Å²) in [5.74, 6) is 0.935. The van der Waals surface area contributed by atoms with Gasteiger partial charge in [0.1, 0.15) is 12.1 Å². The number of aromatic nitrogens is 6. The van der Waals surface area contributed by atoms with Gasteiger partial charge in [-0.05, 0) is 48.5 Å². The zero-order chi connectivity index (χ0) is 21.9. The topological polar surface area (TPSA) is 78.5 Å². The Morgan fingerprint density at radius 1 is 0.875 bits per heavy atom. The molecule has 0 saturated carbocycles. The van der Waals surface area contributed by atoms with E-state index in [9.17, 15) is 4.79 Å². The lowest BCUT2D eigenvalue weighted by Gasteiger charge is -2.10. The van der Waals surface area contributed by atoms with Gasteiger partial charge in [0.05, 0.1) is 11.3 Å². The number of benzene rings is 3. The number of para-hydroxylation sites is 2. The first-order valence-electron chi connectivity index (χ1n) is 9.88. The van der Waals surface area contributed by atoms with Gasteiger partial charge in [-0.25, -0.2) is 4.68 Å². The van der Waals surface area contributed by atoms with Crippen molar-refractivity contribution < 1.29 is 4.79 Å².